The summed E-state index contributed by atoms with van der Waals surface area (Å²) in [6, 6.07) is 0. The minimum atomic E-state index is -1.13. The molecular formula is C12H22O3. The van der Waals surface area contributed by atoms with Gasteiger partial charge in [-0.3, -0.25) is 0 Å². The summed E-state index contributed by atoms with van der Waals surface area (Å²) in [6.45, 7) is 7.68. The Morgan fingerprint density at radius 2 is 1.80 bits per heavy atom. The molecule has 3 nitrogen and oxygen atoms in total. The molecule has 0 saturated carbocycles. The third-order valence-electron chi connectivity index (χ3n) is 2.21. The van der Waals surface area contributed by atoms with Crippen molar-refractivity contribution in [1.82, 2.24) is 0 Å². The molecule has 0 aromatic heterocycles. The van der Waals surface area contributed by atoms with Crippen molar-refractivity contribution >= 4 is 5.97 Å². The third kappa shape index (κ3) is 6.28. The predicted octanol–water partition coefficient (Wildman–Crippen LogP) is 2.29. The van der Waals surface area contributed by atoms with E-state index in [4.69, 9.17) is 4.74 Å². The molecule has 0 heterocycles. The van der Waals surface area contributed by atoms with E-state index in [9.17, 15) is 9.90 Å². The smallest absolute Gasteiger partial charge is 0.339 e. The van der Waals surface area contributed by atoms with Gasteiger partial charge in [-0.2, -0.15) is 0 Å². The van der Waals surface area contributed by atoms with Gasteiger partial charge in [-0.05, 0) is 38.7 Å². The molecule has 0 rings (SSSR count). The quantitative estimate of drug-likeness (QED) is 0.545. The Balaban J connectivity index is 4.10. The Morgan fingerprint density at radius 3 is 2.20 bits per heavy atom. The fraction of sp³-hybridized carbons (Fsp3) is 0.750. The molecule has 3 heteroatoms. The lowest BCUT2D eigenvalue weighted by Gasteiger charge is -2.11. The molecule has 0 aliphatic carbocycles. The van der Waals surface area contributed by atoms with Crippen molar-refractivity contribution < 1.29 is 14.6 Å². The molecule has 0 amide bonds. The molecule has 1 unspecified atom stereocenters. The minimum Gasteiger partial charge on any atom is -0.461 e. The van der Waals surface area contributed by atoms with Crippen LogP contribution < -0.4 is 0 Å². The van der Waals surface area contributed by atoms with Gasteiger partial charge < -0.3 is 9.84 Å². The topological polar surface area (TPSA) is 46.5 Å². The molecule has 0 radical (unpaired) electrons. The first-order valence-corrected chi connectivity index (χ1v) is 5.58. The molecule has 88 valence electrons. The minimum absolute atomic E-state index is 0.186. The molecule has 0 bridgehead atoms. The summed E-state index contributed by atoms with van der Waals surface area (Å²) in [5.74, 6) is -0.154. The summed E-state index contributed by atoms with van der Waals surface area (Å²) >= 11 is 0. The number of esters is 1. The molecule has 0 aromatic rings. The van der Waals surface area contributed by atoms with E-state index in [0.717, 1.165) is 12.8 Å². The fourth-order valence-electron chi connectivity index (χ4n) is 1.20. The number of aliphatic hydroxyl groups excluding tert-OH is 1. The lowest BCUT2D eigenvalue weighted by atomic mass is 10.0. The molecule has 15 heavy (non-hydrogen) atoms. The number of aliphatic hydroxyl groups is 1. The van der Waals surface area contributed by atoms with E-state index in [1.807, 2.05) is 6.08 Å². The molecule has 1 N–H and O–H groups in total. The lowest BCUT2D eigenvalue weighted by molar-refractivity contribution is -0.154. The summed E-state index contributed by atoms with van der Waals surface area (Å²) in [4.78, 5) is 11.2. The van der Waals surface area contributed by atoms with Crippen LogP contribution in [0, 0.1) is 5.92 Å². The highest BCUT2D eigenvalue weighted by Gasteiger charge is 2.14. The van der Waals surface area contributed by atoms with Crippen LogP contribution in [0.3, 0.4) is 0 Å². The number of ether oxygens (including phenoxy) is 1. The molecule has 0 aliphatic rings. The van der Waals surface area contributed by atoms with Crippen molar-refractivity contribution in [2.24, 2.45) is 5.92 Å². The first kappa shape index (κ1) is 14.2. The summed E-state index contributed by atoms with van der Waals surface area (Å²) in [5.41, 5.74) is 0. The first-order valence-electron chi connectivity index (χ1n) is 5.58. The zero-order valence-electron chi connectivity index (χ0n) is 10.1. The summed E-state index contributed by atoms with van der Waals surface area (Å²) in [6.07, 6.45) is 4.11. The van der Waals surface area contributed by atoms with Crippen LogP contribution in [0.5, 0.6) is 0 Å². The van der Waals surface area contributed by atoms with Crippen LogP contribution in [0.25, 0.3) is 0 Å². The number of allylic oxidation sites excluding steroid dienone is 1. The van der Waals surface area contributed by atoms with Crippen molar-refractivity contribution in [3.05, 3.63) is 12.2 Å². The maximum Gasteiger partial charge on any atom is 0.339 e. The standard InChI is InChI=1S/C12H22O3/c1-5-10(6-2)7-8-11(13)12(14)15-9(3)4/h7-11,13H,5-6H2,1-4H3/b8-7+. The van der Waals surface area contributed by atoms with Gasteiger partial charge >= 0.3 is 5.97 Å². The second-order valence-electron chi connectivity index (χ2n) is 3.89. The molecule has 1 atom stereocenters. The van der Waals surface area contributed by atoms with Gasteiger partial charge in [-0.25, -0.2) is 4.79 Å². The van der Waals surface area contributed by atoms with Crippen LogP contribution >= 0.6 is 0 Å². The second kappa shape index (κ2) is 7.46. The van der Waals surface area contributed by atoms with E-state index < -0.39 is 12.1 Å². The molecule has 0 spiro atoms. The lowest BCUT2D eigenvalue weighted by Crippen LogP contribution is -2.24. The van der Waals surface area contributed by atoms with Gasteiger partial charge in [0.15, 0.2) is 6.10 Å². The summed E-state index contributed by atoms with van der Waals surface area (Å²) in [5, 5.41) is 9.45. The number of carbonyl (C=O) groups is 1. The maximum absolute atomic E-state index is 11.2. The third-order valence-corrected chi connectivity index (χ3v) is 2.21. The van der Waals surface area contributed by atoms with Crippen LogP contribution in [0.4, 0.5) is 0 Å². The van der Waals surface area contributed by atoms with Crippen LogP contribution in [-0.4, -0.2) is 23.3 Å². The fourth-order valence-corrected chi connectivity index (χ4v) is 1.20. The van der Waals surface area contributed by atoms with Gasteiger partial charge in [0.05, 0.1) is 6.10 Å². The van der Waals surface area contributed by atoms with E-state index in [2.05, 4.69) is 13.8 Å². The van der Waals surface area contributed by atoms with E-state index in [1.54, 1.807) is 13.8 Å². The highest BCUT2D eigenvalue weighted by molar-refractivity contribution is 5.76. The van der Waals surface area contributed by atoms with Crippen LogP contribution in [0.1, 0.15) is 40.5 Å². The maximum atomic E-state index is 11.2. The first-order chi connectivity index (χ1) is 7.01. The normalized spacial score (nSPS) is 13.8. The Morgan fingerprint density at radius 1 is 1.27 bits per heavy atom. The van der Waals surface area contributed by atoms with Crippen molar-refractivity contribution in [1.29, 1.82) is 0 Å². The van der Waals surface area contributed by atoms with Crippen LogP contribution in [-0.2, 0) is 9.53 Å². The Bertz CT molecular complexity index is 205. The molecule has 0 fully saturated rings. The molecule has 0 aliphatic heterocycles. The second-order valence-corrected chi connectivity index (χ2v) is 3.89. The van der Waals surface area contributed by atoms with E-state index in [1.165, 1.54) is 6.08 Å². The number of hydrogen-bond acceptors (Lipinski definition) is 3. The molecular weight excluding hydrogens is 192 g/mol. The monoisotopic (exact) mass is 214 g/mol. The Labute approximate surface area is 92.1 Å². The van der Waals surface area contributed by atoms with Gasteiger partial charge in [0.25, 0.3) is 0 Å². The van der Waals surface area contributed by atoms with Gasteiger partial charge in [0, 0.05) is 0 Å². The number of carbonyl (C=O) groups excluding carboxylic acids is 1. The SMILES string of the molecule is CCC(/C=C/C(O)C(=O)OC(C)C)CC. The molecule has 0 aromatic carbocycles. The van der Waals surface area contributed by atoms with E-state index in [-0.39, 0.29) is 6.10 Å². The van der Waals surface area contributed by atoms with Gasteiger partial charge in [0.1, 0.15) is 0 Å². The summed E-state index contributed by atoms with van der Waals surface area (Å²) < 4.78 is 4.87. The van der Waals surface area contributed by atoms with Crippen LogP contribution in [0.15, 0.2) is 12.2 Å². The zero-order chi connectivity index (χ0) is 11.8. The van der Waals surface area contributed by atoms with E-state index in [0.29, 0.717) is 5.92 Å². The van der Waals surface area contributed by atoms with Gasteiger partial charge in [0.2, 0.25) is 0 Å². The predicted molar refractivity (Wildman–Crippen MR) is 60.4 cm³/mol. The summed E-state index contributed by atoms with van der Waals surface area (Å²) in [7, 11) is 0. The van der Waals surface area contributed by atoms with Crippen molar-refractivity contribution in [2.45, 2.75) is 52.7 Å². The highest BCUT2D eigenvalue weighted by Crippen LogP contribution is 2.09. The Kier molecular flexibility index (Phi) is 7.05. The average molecular weight is 214 g/mol. The van der Waals surface area contributed by atoms with Gasteiger partial charge in [-0.15, -0.1) is 0 Å². The highest BCUT2D eigenvalue weighted by atomic mass is 16.6. The Hall–Kier alpha value is -0.830. The molecule has 0 saturated heterocycles. The van der Waals surface area contributed by atoms with E-state index >= 15 is 0 Å². The van der Waals surface area contributed by atoms with Crippen LogP contribution in [0.2, 0.25) is 0 Å². The average Bonchev–Trinajstić information content (AvgIpc) is 2.18. The number of rotatable bonds is 6. The number of hydrogen-bond donors (Lipinski definition) is 1. The van der Waals surface area contributed by atoms with Gasteiger partial charge in [-0.1, -0.05) is 19.9 Å². The van der Waals surface area contributed by atoms with Crippen molar-refractivity contribution in [2.75, 3.05) is 0 Å². The largest absolute Gasteiger partial charge is 0.461 e. The zero-order valence-corrected chi connectivity index (χ0v) is 10.1. The van der Waals surface area contributed by atoms with Crippen molar-refractivity contribution in [3.8, 4) is 0 Å². The van der Waals surface area contributed by atoms with Crippen molar-refractivity contribution in [3.63, 3.8) is 0 Å².